The molecule has 4 rings (SSSR count). The highest BCUT2D eigenvalue weighted by Crippen LogP contribution is 2.32. The van der Waals surface area contributed by atoms with Gasteiger partial charge in [-0.3, -0.25) is 9.54 Å². The van der Waals surface area contributed by atoms with Crippen molar-refractivity contribution in [3.63, 3.8) is 0 Å². The number of ether oxygens (including phenoxy) is 1. The molecule has 0 radical (unpaired) electrons. The van der Waals surface area contributed by atoms with Gasteiger partial charge >= 0.3 is 0 Å². The minimum atomic E-state index is -4.16. The Bertz CT molecular complexity index is 1260. The Morgan fingerprint density at radius 1 is 1.18 bits per heavy atom. The van der Waals surface area contributed by atoms with Gasteiger partial charge in [0.15, 0.2) is 0 Å². The van der Waals surface area contributed by atoms with Crippen LogP contribution in [0.15, 0.2) is 60.8 Å². The summed E-state index contributed by atoms with van der Waals surface area (Å²) >= 11 is 0. The van der Waals surface area contributed by atoms with Gasteiger partial charge in [-0.15, -0.1) is 0 Å². The zero-order valence-electron chi connectivity index (χ0n) is 18.5. The van der Waals surface area contributed by atoms with Crippen LogP contribution in [0.1, 0.15) is 24.5 Å². The van der Waals surface area contributed by atoms with Gasteiger partial charge in [-0.25, -0.2) is 0 Å². The van der Waals surface area contributed by atoms with Gasteiger partial charge in [-0.1, -0.05) is 30.3 Å². The maximum Gasteiger partial charge on any atom is 0.265 e. The van der Waals surface area contributed by atoms with Gasteiger partial charge in [0.05, 0.1) is 29.0 Å². The number of nitriles is 1. The second-order valence-electron chi connectivity index (χ2n) is 8.57. The van der Waals surface area contributed by atoms with E-state index >= 15 is 0 Å². The molecular formula is C25H27N3O4S. The van der Waals surface area contributed by atoms with E-state index in [1.165, 1.54) is 0 Å². The molecule has 33 heavy (non-hydrogen) atoms. The van der Waals surface area contributed by atoms with Gasteiger partial charge < -0.3 is 9.64 Å². The Morgan fingerprint density at radius 2 is 1.97 bits per heavy atom. The summed E-state index contributed by atoms with van der Waals surface area (Å²) in [7, 11) is -4.16. The van der Waals surface area contributed by atoms with Crippen molar-refractivity contribution in [1.82, 2.24) is 4.98 Å². The summed E-state index contributed by atoms with van der Waals surface area (Å²) in [5, 5.41) is 10.3. The van der Waals surface area contributed by atoms with Gasteiger partial charge in [-0.05, 0) is 49.6 Å². The average Bonchev–Trinajstić information content (AvgIpc) is 2.80. The zero-order chi connectivity index (χ0) is 23.4. The van der Waals surface area contributed by atoms with Crippen molar-refractivity contribution in [3.8, 4) is 6.07 Å². The topological polar surface area (TPSA) is 104 Å². The highest BCUT2D eigenvalue weighted by Gasteiger charge is 2.34. The predicted molar refractivity (Wildman–Crippen MR) is 128 cm³/mol. The molecule has 1 N–H and O–H groups in total. The molecule has 1 saturated heterocycles. The van der Waals surface area contributed by atoms with Crippen molar-refractivity contribution in [3.05, 3.63) is 71.9 Å². The summed E-state index contributed by atoms with van der Waals surface area (Å²) in [4.78, 5) is 6.57. The summed E-state index contributed by atoms with van der Waals surface area (Å²) in [6.07, 6.45) is 2.43. The first-order valence-corrected chi connectivity index (χ1v) is 12.6. The molecule has 172 valence electrons. The lowest BCUT2D eigenvalue weighted by atomic mass is 9.94. The standard InChI is InChI=1S/C25H27N3O4S/c1-18-15-28(23-12-11-20(14-26)25-22(23)8-5-13-27-25)16-24(32-18)21(17-33(29,30)31)10-9-19-6-3-2-4-7-19/h2-8,11-13,18,21,24H,9-10,15-17H2,1H3,(H,29,30,31)/t18-,21+,24+/m1/s1. The number of aryl methyl sites for hydroxylation is 1. The Morgan fingerprint density at radius 3 is 2.70 bits per heavy atom. The normalized spacial score (nSPS) is 19.8. The van der Waals surface area contributed by atoms with Crippen molar-refractivity contribution in [2.75, 3.05) is 23.7 Å². The molecule has 0 bridgehead atoms. The van der Waals surface area contributed by atoms with Crippen LogP contribution in [0.4, 0.5) is 5.69 Å². The van der Waals surface area contributed by atoms with Crippen molar-refractivity contribution in [1.29, 1.82) is 5.26 Å². The number of morpholine rings is 1. The van der Waals surface area contributed by atoms with Gasteiger partial charge in [0.25, 0.3) is 10.1 Å². The molecule has 0 amide bonds. The number of rotatable bonds is 7. The summed E-state index contributed by atoms with van der Waals surface area (Å²) in [6.45, 7) is 3.07. The first kappa shape index (κ1) is 23.2. The van der Waals surface area contributed by atoms with E-state index in [1.54, 1.807) is 12.3 Å². The molecule has 1 aliphatic rings. The number of pyridine rings is 1. The lowest BCUT2D eigenvalue weighted by molar-refractivity contribution is -0.0437. The van der Waals surface area contributed by atoms with Crippen LogP contribution in [0.3, 0.4) is 0 Å². The van der Waals surface area contributed by atoms with Crippen molar-refractivity contribution >= 4 is 26.7 Å². The van der Waals surface area contributed by atoms with Crippen LogP contribution in [0.5, 0.6) is 0 Å². The molecule has 2 aromatic carbocycles. The summed E-state index contributed by atoms with van der Waals surface area (Å²) < 4.78 is 39.5. The van der Waals surface area contributed by atoms with Crippen LogP contribution < -0.4 is 4.90 Å². The minimum Gasteiger partial charge on any atom is -0.371 e. The summed E-state index contributed by atoms with van der Waals surface area (Å²) in [5.74, 6) is -0.714. The lowest BCUT2D eigenvalue weighted by Gasteiger charge is -2.41. The van der Waals surface area contributed by atoms with Gasteiger partial charge in [-0.2, -0.15) is 13.7 Å². The molecule has 3 atom stereocenters. The number of hydrogen-bond acceptors (Lipinski definition) is 6. The van der Waals surface area contributed by atoms with E-state index in [9.17, 15) is 18.2 Å². The van der Waals surface area contributed by atoms with Gasteiger partial charge in [0.2, 0.25) is 0 Å². The maximum atomic E-state index is 11.8. The number of anilines is 1. The smallest absolute Gasteiger partial charge is 0.265 e. The number of nitrogens with zero attached hydrogens (tertiary/aromatic N) is 3. The third-order valence-electron chi connectivity index (χ3n) is 6.09. The zero-order valence-corrected chi connectivity index (χ0v) is 19.3. The van der Waals surface area contributed by atoms with E-state index in [1.807, 2.05) is 55.5 Å². The monoisotopic (exact) mass is 465 g/mol. The lowest BCUT2D eigenvalue weighted by Crippen LogP contribution is -2.50. The SMILES string of the molecule is C[C@@H]1CN(c2ccc(C#N)c3ncccc23)C[C@@H]([C@@H](CCc2ccccc2)CS(=O)(=O)O)O1. The second-order valence-corrected chi connectivity index (χ2v) is 10.1. The van der Waals surface area contributed by atoms with E-state index in [0.29, 0.717) is 37.0 Å². The molecule has 8 heteroatoms. The van der Waals surface area contributed by atoms with Gasteiger partial charge in [0, 0.05) is 36.3 Å². The van der Waals surface area contributed by atoms with Crippen LogP contribution in [0.2, 0.25) is 0 Å². The number of fused-ring (bicyclic) bond motifs is 1. The van der Waals surface area contributed by atoms with Crippen LogP contribution in [0.25, 0.3) is 10.9 Å². The first-order valence-electron chi connectivity index (χ1n) is 11.0. The average molecular weight is 466 g/mol. The maximum absolute atomic E-state index is 11.8. The molecule has 2 heterocycles. The Balaban J connectivity index is 1.62. The van der Waals surface area contributed by atoms with Gasteiger partial charge in [0.1, 0.15) is 6.07 Å². The quantitative estimate of drug-likeness (QED) is 0.529. The number of benzene rings is 2. The highest BCUT2D eigenvalue weighted by atomic mass is 32.2. The van der Waals surface area contributed by atoms with E-state index < -0.39 is 10.1 Å². The Kier molecular flexibility index (Phi) is 6.94. The van der Waals surface area contributed by atoms with Crippen molar-refractivity contribution in [2.24, 2.45) is 5.92 Å². The van der Waals surface area contributed by atoms with Crippen LogP contribution in [-0.4, -0.2) is 49.0 Å². The number of hydrogen-bond donors (Lipinski definition) is 1. The third kappa shape index (κ3) is 5.69. The first-order chi connectivity index (χ1) is 15.8. The van der Waals surface area contributed by atoms with Crippen LogP contribution >= 0.6 is 0 Å². The fourth-order valence-corrected chi connectivity index (χ4v) is 5.53. The molecule has 1 aromatic heterocycles. The number of aromatic nitrogens is 1. The molecule has 3 aromatic rings. The van der Waals surface area contributed by atoms with E-state index in [2.05, 4.69) is 16.0 Å². The molecule has 7 nitrogen and oxygen atoms in total. The Labute approximate surface area is 194 Å². The van der Waals surface area contributed by atoms with Crippen molar-refractivity contribution in [2.45, 2.75) is 32.0 Å². The molecule has 0 unspecified atom stereocenters. The summed E-state index contributed by atoms with van der Waals surface area (Å²) in [5.41, 5.74) is 3.21. The minimum absolute atomic E-state index is 0.133. The van der Waals surface area contributed by atoms with E-state index in [4.69, 9.17) is 4.74 Å². The van der Waals surface area contributed by atoms with Crippen LogP contribution in [-0.2, 0) is 21.3 Å². The fraction of sp³-hybridized carbons (Fsp3) is 0.360. The predicted octanol–water partition coefficient (Wildman–Crippen LogP) is 3.84. The molecule has 0 saturated carbocycles. The van der Waals surface area contributed by atoms with Crippen LogP contribution in [0, 0.1) is 17.2 Å². The second kappa shape index (κ2) is 9.87. The molecule has 1 fully saturated rings. The molecule has 1 aliphatic heterocycles. The fourth-order valence-electron chi connectivity index (χ4n) is 4.61. The highest BCUT2D eigenvalue weighted by molar-refractivity contribution is 7.85. The largest absolute Gasteiger partial charge is 0.371 e. The summed E-state index contributed by atoms with van der Waals surface area (Å²) in [6, 6.07) is 19.5. The molecular weight excluding hydrogens is 438 g/mol. The molecule has 0 aliphatic carbocycles. The van der Waals surface area contributed by atoms with Crippen molar-refractivity contribution < 1.29 is 17.7 Å². The molecule has 0 spiro atoms. The third-order valence-corrected chi connectivity index (χ3v) is 6.94. The Hall–Kier alpha value is -2.99. The van der Waals surface area contributed by atoms with E-state index in [-0.39, 0.29) is 23.9 Å². The van der Waals surface area contributed by atoms with E-state index in [0.717, 1.165) is 16.6 Å².